The summed E-state index contributed by atoms with van der Waals surface area (Å²) in [5.41, 5.74) is 13.3. The summed E-state index contributed by atoms with van der Waals surface area (Å²) in [4.78, 5) is 2.29. The number of nitrogens with zero attached hydrogens (tertiary/aromatic N) is 1. The second-order valence-electron chi connectivity index (χ2n) is 12.8. The minimum atomic E-state index is 0.823. The van der Waals surface area contributed by atoms with Gasteiger partial charge in [-0.3, -0.25) is 0 Å². The summed E-state index contributed by atoms with van der Waals surface area (Å²) in [7, 11) is 0. The Hall–Kier alpha value is -6.84. The highest BCUT2D eigenvalue weighted by molar-refractivity contribution is 6.18. The van der Waals surface area contributed by atoms with E-state index in [1.165, 1.54) is 16.7 Å². The molecule has 8 aromatic carbocycles. The summed E-state index contributed by atoms with van der Waals surface area (Å²) >= 11 is 0. The van der Waals surface area contributed by atoms with Crippen molar-refractivity contribution in [2.24, 2.45) is 0 Å². The molecule has 240 valence electrons. The third-order valence-electron chi connectivity index (χ3n) is 9.90. The molecule has 0 atom stereocenters. The van der Waals surface area contributed by atoms with Crippen molar-refractivity contribution >= 4 is 60.9 Å². The second kappa shape index (κ2) is 11.9. The summed E-state index contributed by atoms with van der Waals surface area (Å²) in [6.07, 6.45) is 0. The van der Waals surface area contributed by atoms with Crippen molar-refractivity contribution < 1.29 is 8.83 Å². The van der Waals surface area contributed by atoms with Crippen LogP contribution in [0.25, 0.3) is 77.3 Å². The Kier molecular flexibility index (Phi) is 6.81. The first kappa shape index (κ1) is 29.1. The maximum atomic E-state index is 6.83. The number of benzene rings is 8. The van der Waals surface area contributed by atoms with E-state index in [-0.39, 0.29) is 0 Å². The third-order valence-corrected chi connectivity index (χ3v) is 9.90. The van der Waals surface area contributed by atoms with Gasteiger partial charge in [0.15, 0.2) is 11.2 Å². The van der Waals surface area contributed by atoms with Crippen LogP contribution in [0.4, 0.5) is 17.1 Å². The predicted molar refractivity (Wildman–Crippen MR) is 212 cm³/mol. The van der Waals surface area contributed by atoms with Crippen LogP contribution in [0.3, 0.4) is 0 Å². The normalized spacial score (nSPS) is 11.5. The molecule has 10 rings (SSSR count). The average molecular weight is 654 g/mol. The van der Waals surface area contributed by atoms with E-state index in [4.69, 9.17) is 8.83 Å². The Bertz CT molecular complexity index is 2850. The summed E-state index contributed by atoms with van der Waals surface area (Å²) in [6, 6.07) is 66.0. The predicted octanol–water partition coefficient (Wildman–Crippen LogP) is 14.0. The van der Waals surface area contributed by atoms with E-state index in [9.17, 15) is 0 Å². The molecule has 0 unspecified atom stereocenters. The van der Waals surface area contributed by atoms with E-state index in [1.54, 1.807) is 0 Å². The molecule has 0 bridgehead atoms. The van der Waals surface area contributed by atoms with E-state index >= 15 is 0 Å². The van der Waals surface area contributed by atoms with Crippen LogP contribution in [0.5, 0.6) is 0 Å². The van der Waals surface area contributed by atoms with Crippen LogP contribution < -0.4 is 4.90 Å². The smallest absolute Gasteiger partial charge is 0.160 e. The summed E-state index contributed by atoms with van der Waals surface area (Å²) in [5.74, 6) is 0. The molecule has 0 N–H and O–H groups in total. The lowest BCUT2D eigenvalue weighted by Crippen LogP contribution is -2.10. The maximum Gasteiger partial charge on any atom is 0.160 e. The first-order valence-electron chi connectivity index (χ1n) is 17.3. The number of para-hydroxylation sites is 3. The quantitative estimate of drug-likeness (QED) is 0.179. The standard InChI is InChI=1S/C48H31NO2/c1-3-14-32(15-4-1)36-18-7-8-19-37(36)34-26-28-35(29-27-34)49(42-23-13-22-40-39-20-9-11-24-44(39)50-47(40)42)43-31-30-38(33-16-5-2-6-17-33)46-41-21-10-12-25-45(41)51-48(43)46/h1-31H. The Morgan fingerprint density at radius 2 is 0.824 bits per heavy atom. The zero-order chi connectivity index (χ0) is 33.7. The lowest BCUT2D eigenvalue weighted by molar-refractivity contribution is 0.666. The molecule has 2 heterocycles. The van der Waals surface area contributed by atoms with Crippen LogP contribution in [0.2, 0.25) is 0 Å². The molecular formula is C48H31NO2. The fourth-order valence-corrected chi connectivity index (χ4v) is 7.56. The van der Waals surface area contributed by atoms with Gasteiger partial charge >= 0.3 is 0 Å². The van der Waals surface area contributed by atoms with E-state index in [0.717, 1.165) is 77.6 Å². The highest BCUT2D eigenvalue weighted by Gasteiger charge is 2.25. The van der Waals surface area contributed by atoms with Crippen molar-refractivity contribution in [2.45, 2.75) is 0 Å². The van der Waals surface area contributed by atoms with Crippen LogP contribution in [0.15, 0.2) is 197 Å². The van der Waals surface area contributed by atoms with Crippen LogP contribution >= 0.6 is 0 Å². The van der Waals surface area contributed by atoms with Gasteiger partial charge in [0.05, 0.1) is 11.4 Å². The van der Waals surface area contributed by atoms with Crippen LogP contribution in [-0.4, -0.2) is 0 Å². The Morgan fingerprint density at radius 1 is 0.314 bits per heavy atom. The average Bonchev–Trinajstić information content (AvgIpc) is 3.79. The van der Waals surface area contributed by atoms with Gasteiger partial charge in [-0.15, -0.1) is 0 Å². The van der Waals surface area contributed by atoms with Gasteiger partial charge in [-0.25, -0.2) is 0 Å². The molecule has 0 fully saturated rings. The third kappa shape index (κ3) is 4.82. The van der Waals surface area contributed by atoms with Gasteiger partial charge in [-0.1, -0.05) is 152 Å². The van der Waals surface area contributed by atoms with Gasteiger partial charge in [0.2, 0.25) is 0 Å². The molecule has 0 saturated carbocycles. The molecular weight excluding hydrogens is 623 g/mol. The topological polar surface area (TPSA) is 29.5 Å². The number of hydrogen-bond acceptors (Lipinski definition) is 3. The van der Waals surface area contributed by atoms with Crippen molar-refractivity contribution in [3.8, 4) is 33.4 Å². The van der Waals surface area contributed by atoms with Gasteiger partial charge in [-0.2, -0.15) is 0 Å². The minimum absolute atomic E-state index is 0.823. The molecule has 3 heteroatoms. The summed E-state index contributed by atoms with van der Waals surface area (Å²) in [6.45, 7) is 0. The van der Waals surface area contributed by atoms with Crippen molar-refractivity contribution in [3.05, 3.63) is 188 Å². The zero-order valence-corrected chi connectivity index (χ0v) is 27.7. The van der Waals surface area contributed by atoms with E-state index in [2.05, 4.69) is 175 Å². The van der Waals surface area contributed by atoms with Gasteiger partial charge in [-0.05, 0) is 69.8 Å². The van der Waals surface area contributed by atoms with E-state index < -0.39 is 0 Å². The number of hydrogen-bond donors (Lipinski definition) is 0. The van der Waals surface area contributed by atoms with Crippen molar-refractivity contribution in [3.63, 3.8) is 0 Å². The van der Waals surface area contributed by atoms with Gasteiger partial charge in [0.25, 0.3) is 0 Å². The molecule has 0 radical (unpaired) electrons. The number of furan rings is 2. The van der Waals surface area contributed by atoms with Crippen LogP contribution in [0, 0.1) is 0 Å². The Morgan fingerprint density at radius 3 is 1.53 bits per heavy atom. The largest absolute Gasteiger partial charge is 0.454 e. The molecule has 51 heavy (non-hydrogen) atoms. The van der Waals surface area contributed by atoms with Crippen molar-refractivity contribution in [2.75, 3.05) is 4.90 Å². The monoisotopic (exact) mass is 653 g/mol. The molecule has 0 aliphatic rings. The Balaban J connectivity index is 1.22. The molecule has 2 aromatic heterocycles. The lowest BCUT2D eigenvalue weighted by atomic mass is 9.94. The van der Waals surface area contributed by atoms with Crippen LogP contribution in [-0.2, 0) is 0 Å². The SMILES string of the molecule is c1ccc(-c2ccccc2-c2ccc(N(c3cccc4c3oc3ccccc34)c3ccc(-c4ccccc4)c4c3oc3ccccc34)cc2)cc1. The molecule has 0 aliphatic carbocycles. The maximum absolute atomic E-state index is 6.83. The molecule has 0 spiro atoms. The molecule has 0 aliphatic heterocycles. The fourth-order valence-electron chi connectivity index (χ4n) is 7.56. The molecule has 0 saturated heterocycles. The summed E-state index contributed by atoms with van der Waals surface area (Å²) in [5, 5.41) is 4.34. The molecule has 0 amide bonds. The van der Waals surface area contributed by atoms with Crippen molar-refractivity contribution in [1.29, 1.82) is 0 Å². The first-order chi connectivity index (χ1) is 25.3. The Labute approximate surface area is 295 Å². The zero-order valence-electron chi connectivity index (χ0n) is 27.7. The lowest BCUT2D eigenvalue weighted by Gasteiger charge is -2.26. The summed E-state index contributed by atoms with van der Waals surface area (Å²) < 4.78 is 13.5. The highest BCUT2D eigenvalue weighted by Crippen LogP contribution is 2.48. The van der Waals surface area contributed by atoms with E-state index in [0.29, 0.717) is 0 Å². The highest BCUT2D eigenvalue weighted by atomic mass is 16.3. The number of fused-ring (bicyclic) bond motifs is 6. The van der Waals surface area contributed by atoms with E-state index in [1.807, 2.05) is 18.2 Å². The number of anilines is 3. The first-order valence-corrected chi connectivity index (χ1v) is 17.3. The van der Waals surface area contributed by atoms with Crippen LogP contribution in [0.1, 0.15) is 0 Å². The van der Waals surface area contributed by atoms with Gasteiger partial charge in [0.1, 0.15) is 11.2 Å². The molecule has 10 aromatic rings. The molecule has 3 nitrogen and oxygen atoms in total. The van der Waals surface area contributed by atoms with Crippen molar-refractivity contribution in [1.82, 2.24) is 0 Å². The number of rotatable bonds is 6. The minimum Gasteiger partial charge on any atom is -0.454 e. The fraction of sp³-hybridized carbons (Fsp3) is 0. The van der Waals surface area contributed by atoms with Gasteiger partial charge < -0.3 is 13.7 Å². The second-order valence-corrected chi connectivity index (χ2v) is 12.8. The van der Waals surface area contributed by atoms with Gasteiger partial charge in [0, 0.05) is 27.2 Å².